The van der Waals surface area contributed by atoms with Crippen LogP contribution in [0.5, 0.6) is 0 Å². The lowest BCUT2D eigenvalue weighted by molar-refractivity contribution is 0.0241. The van der Waals surface area contributed by atoms with Crippen LogP contribution < -0.4 is 4.72 Å². The summed E-state index contributed by atoms with van der Waals surface area (Å²) in [5.74, 6) is 2.19. The highest BCUT2D eigenvalue weighted by atomic mass is 32.2. The van der Waals surface area contributed by atoms with E-state index in [1.54, 1.807) is 0 Å². The van der Waals surface area contributed by atoms with Crippen LogP contribution in [0.2, 0.25) is 0 Å². The number of rotatable bonds is 1. The Hall–Kier alpha value is -0.0900. The van der Waals surface area contributed by atoms with E-state index in [0.717, 1.165) is 24.8 Å². The van der Waals surface area contributed by atoms with Gasteiger partial charge in [-0.3, -0.25) is 0 Å². The molecule has 0 aromatic carbocycles. The maximum atomic E-state index is 11.4. The number of hydrogen-bond donors (Lipinski definition) is 2. The van der Waals surface area contributed by atoms with Gasteiger partial charge < -0.3 is 0 Å². The molecule has 1 unspecified atom stereocenters. The van der Waals surface area contributed by atoms with E-state index in [-0.39, 0.29) is 0 Å². The van der Waals surface area contributed by atoms with Gasteiger partial charge in [0, 0.05) is 12.3 Å². The van der Waals surface area contributed by atoms with Crippen molar-refractivity contribution in [3.63, 3.8) is 0 Å². The highest BCUT2D eigenvalue weighted by Crippen LogP contribution is 2.52. The number of nitrogens with one attached hydrogen (secondary N) is 2. The molecule has 0 aromatic heterocycles. The minimum atomic E-state index is -2.42. The Bertz CT molecular complexity index is 299. The van der Waals surface area contributed by atoms with Gasteiger partial charge in [-0.2, -0.15) is 0 Å². The molecule has 0 radical (unpaired) electrons. The van der Waals surface area contributed by atoms with Crippen molar-refractivity contribution in [3.05, 3.63) is 0 Å². The third-order valence-electron chi connectivity index (χ3n) is 3.93. The van der Waals surface area contributed by atoms with Crippen LogP contribution in [0.3, 0.4) is 0 Å². The van der Waals surface area contributed by atoms with Crippen molar-refractivity contribution in [2.24, 2.45) is 17.3 Å². The largest absolute Gasteiger partial charge is 0.240 e. The Kier molecular flexibility index (Phi) is 2.39. The Morgan fingerprint density at radius 1 is 1.50 bits per heavy atom. The van der Waals surface area contributed by atoms with Gasteiger partial charge in [0.25, 0.3) is 0 Å². The molecule has 2 N–H and O–H groups in total. The molecular weight excluding hydrogens is 196 g/mol. The first-order valence-corrected chi connectivity index (χ1v) is 7.16. The van der Waals surface area contributed by atoms with E-state index in [1.165, 1.54) is 12.8 Å². The molecule has 82 valence electrons. The van der Waals surface area contributed by atoms with E-state index in [0.29, 0.717) is 11.2 Å². The first-order valence-electron chi connectivity index (χ1n) is 5.44. The fraction of sp³-hybridized carbons (Fsp3) is 1.00. The third-order valence-corrected chi connectivity index (χ3v) is 5.32. The highest BCUT2D eigenvalue weighted by molar-refractivity contribution is 7.90. The quantitative estimate of drug-likeness (QED) is 0.692. The molecule has 2 fully saturated rings. The average molecular weight is 216 g/mol. The Balaban J connectivity index is 1.92. The van der Waals surface area contributed by atoms with Crippen LogP contribution in [0, 0.1) is 22.0 Å². The molecule has 4 heteroatoms. The molecule has 0 aromatic rings. The normalized spacial score (nSPS) is 48.1. The molecule has 14 heavy (non-hydrogen) atoms. The summed E-state index contributed by atoms with van der Waals surface area (Å²) in [6.07, 6.45) is 3.53. The van der Waals surface area contributed by atoms with Crippen molar-refractivity contribution in [1.82, 2.24) is 4.72 Å². The van der Waals surface area contributed by atoms with Gasteiger partial charge in [-0.05, 0) is 36.5 Å². The SMILES string of the molecule is CC(C)C1CC2(CCS(=N)(=O)NC2)C1. The zero-order chi connectivity index (χ0) is 10.4. The first kappa shape index (κ1) is 10.4. The van der Waals surface area contributed by atoms with Gasteiger partial charge in [0.05, 0.1) is 0 Å². The van der Waals surface area contributed by atoms with Crippen molar-refractivity contribution in [2.75, 3.05) is 12.3 Å². The lowest BCUT2D eigenvalue weighted by atomic mass is 9.57. The fourth-order valence-corrected chi connectivity index (χ4v) is 4.07. The molecule has 1 spiro atoms. The summed E-state index contributed by atoms with van der Waals surface area (Å²) in [5, 5.41) is 0. The van der Waals surface area contributed by atoms with Crippen LogP contribution in [0.25, 0.3) is 0 Å². The molecular formula is C10H20N2OS. The van der Waals surface area contributed by atoms with Crippen LogP contribution in [-0.2, 0) is 9.92 Å². The van der Waals surface area contributed by atoms with Gasteiger partial charge in [-0.1, -0.05) is 13.8 Å². The van der Waals surface area contributed by atoms with Crippen LogP contribution in [0.15, 0.2) is 0 Å². The summed E-state index contributed by atoms with van der Waals surface area (Å²) in [7, 11) is -2.42. The van der Waals surface area contributed by atoms with E-state index >= 15 is 0 Å². The first-order chi connectivity index (χ1) is 6.43. The topological polar surface area (TPSA) is 53.0 Å². The molecule has 3 nitrogen and oxygen atoms in total. The molecule has 1 aliphatic carbocycles. The fourth-order valence-electron chi connectivity index (χ4n) is 2.66. The second-order valence-corrected chi connectivity index (χ2v) is 7.41. The Morgan fingerprint density at radius 3 is 2.57 bits per heavy atom. The van der Waals surface area contributed by atoms with E-state index in [9.17, 15) is 4.21 Å². The summed E-state index contributed by atoms with van der Waals surface area (Å²) in [5.41, 5.74) is 0.400. The van der Waals surface area contributed by atoms with Crippen LogP contribution in [0.1, 0.15) is 33.1 Å². The van der Waals surface area contributed by atoms with Gasteiger partial charge in [0.15, 0.2) is 0 Å². The predicted molar refractivity (Wildman–Crippen MR) is 58.3 cm³/mol. The maximum absolute atomic E-state index is 11.4. The molecule has 1 saturated carbocycles. The van der Waals surface area contributed by atoms with E-state index < -0.39 is 9.92 Å². The van der Waals surface area contributed by atoms with Crippen LogP contribution in [0.4, 0.5) is 0 Å². The average Bonchev–Trinajstić information content (AvgIpc) is 2.00. The van der Waals surface area contributed by atoms with Crippen molar-refractivity contribution in [3.8, 4) is 0 Å². The Labute approximate surface area is 86.8 Å². The van der Waals surface area contributed by atoms with E-state index in [4.69, 9.17) is 4.78 Å². The molecule has 1 saturated heterocycles. The highest BCUT2D eigenvalue weighted by Gasteiger charge is 2.47. The predicted octanol–water partition coefficient (Wildman–Crippen LogP) is 1.99. The number of hydrogen-bond acceptors (Lipinski definition) is 2. The minimum Gasteiger partial charge on any atom is -0.240 e. The molecule has 1 aliphatic heterocycles. The molecule has 2 aliphatic rings. The second-order valence-electron chi connectivity index (χ2n) is 5.36. The molecule has 2 rings (SSSR count). The summed E-state index contributed by atoms with van der Waals surface area (Å²) in [6, 6.07) is 0. The lowest BCUT2D eigenvalue weighted by Crippen LogP contribution is -2.52. The molecule has 1 heterocycles. The zero-order valence-electron chi connectivity index (χ0n) is 9.01. The van der Waals surface area contributed by atoms with Crippen LogP contribution in [-0.4, -0.2) is 16.5 Å². The molecule has 1 atom stereocenters. The smallest absolute Gasteiger partial charge is 0.105 e. The third kappa shape index (κ3) is 1.82. The van der Waals surface area contributed by atoms with E-state index in [2.05, 4.69) is 18.6 Å². The lowest BCUT2D eigenvalue weighted by Gasteiger charge is -2.52. The Morgan fingerprint density at radius 2 is 2.14 bits per heavy atom. The molecule has 0 bridgehead atoms. The van der Waals surface area contributed by atoms with Crippen molar-refractivity contribution in [1.29, 1.82) is 4.78 Å². The van der Waals surface area contributed by atoms with Gasteiger partial charge in [0.2, 0.25) is 0 Å². The maximum Gasteiger partial charge on any atom is 0.105 e. The second kappa shape index (κ2) is 3.20. The van der Waals surface area contributed by atoms with Crippen molar-refractivity contribution in [2.45, 2.75) is 33.1 Å². The summed E-state index contributed by atoms with van der Waals surface area (Å²) < 4.78 is 21.8. The molecule has 0 amide bonds. The zero-order valence-corrected chi connectivity index (χ0v) is 9.82. The van der Waals surface area contributed by atoms with Crippen molar-refractivity contribution < 1.29 is 4.21 Å². The summed E-state index contributed by atoms with van der Waals surface area (Å²) >= 11 is 0. The summed E-state index contributed by atoms with van der Waals surface area (Å²) in [6.45, 7) is 5.36. The van der Waals surface area contributed by atoms with Gasteiger partial charge in [-0.25, -0.2) is 13.7 Å². The van der Waals surface area contributed by atoms with Crippen molar-refractivity contribution >= 4 is 9.92 Å². The van der Waals surface area contributed by atoms with Crippen LogP contribution >= 0.6 is 0 Å². The van der Waals surface area contributed by atoms with Gasteiger partial charge in [0.1, 0.15) is 9.92 Å². The standard InChI is InChI=1S/C10H20N2OS/c1-8(2)9-5-10(6-9)3-4-14(11,13)12-7-10/h8-9H,3-7H2,1-2H3,(H2,11,12,13). The van der Waals surface area contributed by atoms with Gasteiger partial charge >= 0.3 is 0 Å². The van der Waals surface area contributed by atoms with E-state index in [1.807, 2.05) is 0 Å². The van der Waals surface area contributed by atoms with Gasteiger partial charge in [-0.15, -0.1) is 0 Å². The minimum absolute atomic E-state index is 0.400. The monoisotopic (exact) mass is 216 g/mol. The summed E-state index contributed by atoms with van der Waals surface area (Å²) in [4.78, 5) is 0.